The maximum atomic E-state index is 6.35. The molecule has 0 aliphatic heterocycles. The van der Waals surface area contributed by atoms with Crippen molar-refractivity contribution < 1.29 is 4.74 Å². The number of nitrogen functional groups attached to an aromatic ring is 1. The summed E-state index contributed by atoms with van der Waals surface area (Å²) in [6, 6.07) is 8.00. The van der Waals surface area contributed by atoms with E-state index in [0.29, 0.717) is 23.4 Å². The number of hydrogen-bond acceptors (Lipinski definition) is 5. The molecule has 136 valence electrons. The standard InChI is InChI=1S/C20H30N4O/c1-6-16-7-9-17(10-8-16)25-20-18(21)19(22-13-23-20)24(11-14(2)3)12-15(4)5/h7-10,13-15H,6,11-12,21H2,1-5H3. The highest BCUT2D eigenvalue weighted by Gasteiger charge is 2.18. The first kappa shape index (κ1) is 19.0. The van der Waals surface area contributed by atoms with E-state index in [0.717, 1.165) is 31.1 Å². The molecule has 2 N–H and O–H groups in total. The van der Waals surface area contributed by atoms with E-state index in [1.807, 2.05) is 12.1 Å². The maximum Gasteiger partial charge on any atom is 0.248 e. The molecule has 25 heavy (non-hydrogen) atoms. The van der Waals surface area contributed by atoms with Crippen LogP contribution in [0.25, 0.3) is 0 Å². The van der Waals surface area contributed by atoms with Crippen molar-refractivity contribution in [3.8, 4) is 11.6 Å². The van der Waals surface area contributed by atoms with Gasteiger partial charge < -0.3 is 15.4 Å². The Morgan fingerprint density at radius 3 is 2.12 bits per heavy atom. The van der Waals surface area contributed by atoms with E-state index in [9.17, 15) is 0 Å². The first-order chi connectivity index (χ1) is 11.9. The normalized spacial score (nSPS) is 11.2. The molecule has 1 aromatic carbocycles. The number of ether oxygens (including phenoxy) is 1. The molecule has 2 rings (SSSR count). The van der Waals surface area contributed by atoms with Crippen LogP contribution in [0.4, 0.5) is 11.5 Å². The van der Waals surface area contributed by atoms with E-state index in [2.05, 4.69) is 61.6 Å². The molecule has 5 heteroatoms. The fourth-order valence-electron chi connectivity index (χ4n) is 2.74. The van der Waals surface area contributed by atoms with Crippen molar-refractivity contribution >= 4 is 11.5 Å². The van der Waals surface area contributed by atoms with Crippen LogP contribution in [-0.4, -0.2) is 23.1 Å². The van der Waals surface area contributed by atoms with Gasteiger partial charge in [0.2, 0.25) is 5.88 Å². The van der Waals surface area contributed by atoms with Gasteiger partial charge in [0.1, 0.15) is 17.8 Å². The van der Waals surface area contributed by atoms with Gasteiger partial charge in [-0.1, -0.05) is 46.8 Å². The third kappa shape index (κ3) is 5.34. The fraction of sp³-hybridized carbons (Fsp3) is 0.500. The number of aryl methyl sites for hydroxylation is 1. The third-order valence-corrected chi connectivity index (χ3v) is 3.84. The molecule has 1 aromatic heterocycles. The first-order valence-electron chi connectivity index (χ1n) is 9.02. The minimum absolute atomic E-state index is 0.409. The molecule has 0 aliphatic rings. The molecule has 0 fully saturated rings. The molecule has 0 aliphatic carbocycles. The summed E-state index contributed by atoms with van der Waals surface area (Å²) in [7, 11) is 0. The predicted molar refractivity (Wildman–Crippen MR) is 104 cm³/mol. The second-order valence-corrected chi connectivity index (χ2v) is 7.21. The zero-order chi connectivity index (χ0) is 18.4. The molecular formula is C20H30N4O. The Hall–Kier alpha value is -2.30. The molecule has 0 saturated heterocycles. The van der Waals surface area contributed by atoms with Gasteiger partial charge in [0.25, 0.3) is 0 Å². The van der Waals surface area contributed by atoms with Gasteiger partial charge in [0.15, 0.2) is 5.82 Å². The number of rotatable bonds is 8. The Balaban J connectivity index is 2.26. The second kappa shape index (κ2) is 8.70. The number of nitrogens with zero attached hydrogens (tertiary/aromatic N) is 3. The molecule has 0 unspecified atom stereocenters. The van der Waals surface area contributed by atoms with Crippen molar-refractivity contribution in [2.75, 3.05) is 23.7 Å². The van der Waals surface area contributed by atoms with Crippen molar-refractivity contribution in [1.82, 2.24) is 9.97 Å². The van der Waals surface area contributed by atoms with E-state index >= 15 is 0 Å². The van der Waals surface area contributed by atoms with Crippen LogP contribution < -0.4 is 15.4 Å². The topological polar surface area (TPSA) is 64.3 Å². The number of aromatic nitrogens is 2. The molecule has 1 heterocycles. The fourth-order valence-corrected chi connectivity index (χ4v) is 2.74. The van der Waals surface area contributed by atoms with Gasteiger partial charge in [0, 0.05) is 13.1 Å². The van der Waals surface area contributed by atoms with Crippen molar-refractivity contribution in [2.24, 2.45) is 11.8 Å². The summed E-state index contributed by atoms with van der Waals surface area (Å²) in [5.41, 5.74) is 8.10. The Kier molecular flexibility index (Phi) is 6.62. The van der Waals surface area contributed by atoms with Gasteiger partial charge in [-0.2, -0.15) is 4.98 Å². The average Bonchev–Trinajstić information content (AvgIpc) is 2.56. The summed E-state index contributed by atoms with van der Waals surface area (Å²) in [5.74, 6) is 2.91. The summed E-state index contributed by atoms with van der Waals surface area (Å²) < 4.78 is 5.91. The van der Waals surface area contributed by atoms with Gasteiger partial charge >= 0.3 is 0 Å². The second-order valence-electron chi connectivity index (χ2n) is 7.21. The summed E-state index contributed by atoms with van der Waals surface area (Å²) in [6.45, 7) is 12.7. The predicted octanol–water partition coefficient (Wildman–Crippen LogP) is 4.53. The zero-order valence-corrected chi connectivity index (χ0v) is 16.0. The van der Waals surface area contributed by atoms with Gasteiger partial charge in [-0.15, -0.1) is 0 Å². The minimum atomic E-state index is 0.409. The quantitative estimate of drug-likeness (QED) is 0.763. The molecule has 2 aromatic rings. The molecule has 0 saturated carbocycles. The lowest BCUT2D eigenvalue weighted by atomic mass is 10.1. The summed E-state index contributed by atoms with van der Waals surface area (Å²) in [6.07, 6.45) is 2.52. The monoisotopic (exact) mass is 342 g/mol. The van der Waals surface area contributed by atoms with Crippen LogP contribution >= 0.6 is 0 Å². The zero-order valence-electron chi connectivity index (χ0n) is 16.0. The van der Waals surface area contributed by atoms with Crippen LogP contribution in [0.15, 0.2) is 30.6 Å². The largest absolute Gasteiger partial charge is 0.437 e. The van der Waals surface area contributed by atoms with Gasteiger partial charge in [0.05, 0.1) is 0 Å². The summed E-state index contributed by atoms with van der Waals surface area (Å²) in [5, 5.41) is 0. The van der Waals surface area contributed by atoms with Crippen LogP contribution in [0, 0.1) is 11.8 Å². The highest BCUT2D eigenvalue weighted by Crippen LogP contribution is 2.32. The Morgan fingerprint density at radius 2 is 1.60 bits per heavy atom. The van der Waals surface area contributed by atoms with Crippen molar-refractivity contribution in [1.29, 1.82) is 0 Å². The Bertz CT molecular complexity index is 658. The van der Waals surface area contributed by atoms with Crippen molar-refractivity contribution in [2.45, 2.75) is 41.0 Å². The van der Waals surface area contributed by atoms with Crippen LogP contribution in [0.3, 0.4) is 0 Å². The van der Waals surface area contributed by atoms with E-state index in [1.54, 1.807) is 0 Å². The molecule has 0 amide bonds. The van der Waals surface area contributed by atoms with Gasteiger partial charge in [-0.3, -0.25) is 0 Å². The van der Waals surface area contributed by atoms with Crippen LogP contribution in [0.2, 0.25) is 0 Å². The summed E-state index contributed by atoms with van der Waals surface area (Å²) in [4.78, 5) is 10.9. The van der Waals surface area contributed by atoms with E-state index in [-0.39, 0.29) is 0 Å². The molecular weight excluding hydrogens is 312 g/mol. The van der Waals surface area contributed by atoms with Crippen LogP contribution in [-0.2, 0) is 6.42 Å². The lowest BCUT2D eigenvalue weighted by Gasteiger charge is -2.28. The van der Waals surface area contributed by atoms with Crippen molar-refractivity contribution in [3.63, 3.8) is 0 Å². The number of nitrogens with two attached hydrogens (primary N) is 1. The summed E-state index contributed by atoms with van der Waals surface area (Å²) >= 11 is 0. The molecule has 5 nitrogen and oxygen atoms in total. The average molecular weight is 342 g/mol. The SMILES string of the molecule is CCc1ccc(Oc2ncnc(N(CC(C)C)CC(C)C)c2N)cc1. The first-order valence-corrected chi connectivity index (χ1v) is 9.02. The maximum absolute atomic E-state index is 6.35. The lowest BCUT2D eigenvalue weighted by molar-refractivity contribution is 0.463. The minimum Gasteiger partial charge on any atom is -0.437 e. The molecule has 0 radical (unpaired) electrons. The highest BCUT2D eigenvalue weighted by atomic mass is 16.5. The van der Waals surface area contributed by atoms with Crippen LogP contribution in [0.1, 0.15) is 40.2 Å². The van der Waals surface area contributed by atoms with Gasteiger partial charge in [-0.25, -0.2) is 4.98 Å². The number of anilines is 2. The number of hydrogen-bond donors (Lipinski definition) is 1. The lowest BCUT2D eigenvalue weighted by Crippen LogP contribution is -2.32. The van der Waals surface area contributed by atoms with E-state index in [1.165, 1.54) is 11.9 Å². The van der Waals surface area contributed by atoms with Crippen molar-refractivity contribution in [3.05, 3.63) is 36.2 Å². The molecule has 0 bridgehead atoms. The molecule has 0 atom stereocenters. The highest BCUT2D eigenvalue weighted by molar-refractivity contribution is 5.68. The van der Waals surface area contributed by atoms with Crippen LogP contribution in [0.5, 0.6) is 11.6 Å². The van der Waals surface area contributed by atoms with E-state index < -0.39 is 0 Å². The smallest absolute Gasteiger partial charge is 0.248 e. The Morgan fingerprint density at radius 1 is 1.00 bits per heavy atom. The van der Waals surface area contributed by atoms with Gasteiger partial charge in [-0.05, 0) is 36.0 Å². The molecule has 0 spiro atoms. The Labute approximate surface area is 151 Å². The number of benzene rings is 1. The van der Waals surface area contributed by atoms with E-state index in [4.69, 9.17) is 10.5 Å². The third-order valence-electron chi connectivity index (χ3n) is 3.84.